The Kier molecular flexibility index (Phi) is 4.88. The molecule has 2 N–H and O–H groups in total. The van der Waals surface area contributed by atoms with Gasteiger partial charge in [0, 0.05) is 23.9 Å². The Morgan fingerprint density at radius 2 is 2.13 bits per heavy atom. The SMILES string of the molecule is COc1ccc(-c2cn[nH]c2)c(CNC(=O)OC(C)(C)C)c1F. The van der Waals surface area contributed by atoms with E-state index in [0.717, 1.165) is 0 Å². The summed E-state index contributed by atoms with van der Waals surface area (Å²) in [6.07, 6.45) is 2.62. The average Bonchev–Trinajstić information content (AvgIpc) is 2.97. The molecule has 0 fully saturated rings. The molecule has 2 aromatic rings. The Labute approximate surface area is 134 Å². The van der Waals surface area contributed by atoms with E-state index in [-0.39, 0.29) is 12.3 Å². The van der Waals surface area contributed by atoms with Crippen LogP contribution in [0.1, 0.15) is 26.3 Å². The van der Waals surface area contributed by atoms with Gasteiger partial charge in [0.25, 0.3) is 0 Å². The molecule has 0 aliphatic carbocycles. The number of carbonyl (C=O) groups excluding carboxylic acids is 1. The van der Waals surface area contributed by atoms with Crippen LogP contribution >= 0.6 is 0 Å². The van der Waals surface area contributed by atoms with Crippen molar-refractivity contribution in [2.75, 3.05) is 7.11 Å². The molecule has 0 aliphatic rings. The fourth-order valence-corrected chi connectivity index (χ4v) is 2.07. The Bertz CT molecular complexity index is 679. The average molecular weight is 321 g/mol. The molecule has 0 bridgehead atoms. The van der Waals surface area contributed by atoms with Crippen LogP contribution in [0.25, 0.3) is 11.1 Å². The summed E-state index contributed by atoms with van der Waals surface area (Å²) < 4.78 is 24.7. The lowest BCUT2D eigenvalue weighted by Crippen LogP contribution is -2.32. The van der Waals surface area contributed by atoms with Crippen LogP contribution in [0.4, 0.5) is 9.18 Å². The van der Waals surface area contributed by atoms with E-state index in [9.17, 15) is 9.18 Å². The molecule has 0 atom stereocenters. The Morgan fingerprint density at radius 1 is 1.39 bits per heavy atom. The van der Waals surface area contributed by atoms with Crippen molar-refractivity contribution in [2.45, 2.75) is 32.9 Å². The van der Waals surface area contributed by atoms with Gasteiger partial charge in [-0.2, -0.15) is 5.10 Å². The van der Waals surface area contributed by atoms with Crippen LogP contribution in [0.2, 0.25) is 0 Å². The van der Waals surface area contributed by atoms with Gasteiger partial charge in [0.15, 0.2) is 11.6 Å². The van der Waals surface area contributed by atoms with Gasteiger partial charge in [0.2, 0.25) is 0 Å². The van der Waals surface area contributed by atoms with Gasteiger partial charge >= 0.3 is 6.09 Å². The zero-order valence-electron chi connectivity index (χ0n) is 13.6. The van der Waals surface area contributed by atoms with E-state index in [0.29, 0.717) is 16.7 Å². The highest BCUT2D eigenvalue weighted by Crippen LogP contribution is 2.30. The maximum atomic E-state index is 14.6. The molecular weight excluding hydrogens is 301 g/mol. The van der Waals surface area contributed by atoms with Crippen molar-refractivity contribution in [1.29, 1.82) is 0 Å². The zero-order chi connectivity index (χ0) is 17.0. The lowest BCUT2D eigenvalue weighted by atomic mass is 10.0. The summed E-state index contributed by atoms with van der Waals surface area (Å²) >= 11 is 0. The van der Waals surface area contributed by atoms with Crippen LogP contribution in [-0.4, -0.2) is 29.0 Å². The molecule has 0 unspecified atom stereocenters. The molecule has 1 aromatic carbocycles. The van der Waals surface area contributed by atoms with Gasteiger partial charge in [-0.25, -0.2) is 9.18 Å². The lowest BCUT2D eigenvalue weighted by Gasteiger charge is -2.20. The van der Waals surface area contributed by atoms with E-state index in [1.165, 1.54) is 13.2 Å². The van der Waals surface area contributed by atoms with Crippen molar-refractivity contribution < 1.29 is 18.7 Å². The van der Waals surface area contributed by atoms with Gasteiger partial charge in [-0.15, -0.1) is 0 Å². The van der Waals surface area contributed by atoms with Gasteiger partial charge in [-0.05, 0) is 32.4 Å². The standard InChI is InChI=1S/C16H20FN3O3/c1-16(2,3)23-15(21)18-9-12-11(10-7-19-20-8-10)5-6-13(22-4)14(12)17/h5-8H,9H2,1-4H3,(H,18,21)(H,19,20). The summed E-state index contributed by atoms with van der Waals surface area (Å²) in [6.45, 7) is 5.25. The van der Waals surface area contributed by atoms with Crippen LogP contribution in [0.15, 0.2) is 24.5 Å². The minimum Gasteiger partial charge on any atom is -0.494 e. The number of amides is 1. The number of ether oxygens (including phenoxy) is 2. The molecule has 0 saturated heterocycles. The fourth-order valence-electron chi connectivity index (χ4n) is 2.07. The molecule has 0 radical (unpaired) electrons. The number of methoxy groups -OCH3 is 1. The predicted molar refractivity (Wildman–Crippen MR) is 83.6 cm³/mol. The molecule has 2 rings (SSSR count). The number of halogens is 1. The first-order valence-corrected chi connectivity index (χ1v) is 7.13. The Balaban J connectivity index is 2.27. The highest BCUT2D eigenvalue weighted by Gasteiger charge is 2.19. The van der Waals surface area contributed by atoms with E-state index in [1.54, 1.807) is 39.2 Å². The van der Waals surface area contributed by atoms with Gasteiger partial charge < -0.3 is 14.8 Å². The number of nitrogens with zero attached hydrogens (tertiary/aromatic N) is 1. The highest BCUT2D eigenvalue weighted by molar-refractivity contribution is 5.71. The second-order valence-corrected chi connectivity index (χ2v) is 5.95. The first kappa shape index (κ1) is 16.8. The largest absolute Gasteiger partial charge is 0.494 e. The van der Waals surface area contributed by atoms with E-state index in [4.69, 9.17) is 9.47 Å². The molecular formula is C16H20FN3O3. The van der Waals surface area contributed by atoms with Gasteiger partial charge in [0.1, 0.15) is 5.60 Å². The molecule has 1 aromatic heterocycles. The Morgan fingerprint density at radius 3 is 2.70 bits per heavy atom. The fraction of sp³-hybridized carbons (Fsp3) is 0.375. The minimum absolute atomic E-state index is 0.0293. The van der Waals surface area contributed by atoms with Crippen LogP contribution in [0, 0.1) is 5.82 Å². The van der Waals surface area contributed by atoms with Gasteiger partial charge in [0.05, 0.1) is 13.3 Å². The number of aromatic nitrogens is 2. The summed E-state index contributed by atoms with van der Waals surface area (Å²) in [4.78, 5) is 11.8. The third kappa shape index (κ3) is 4.21. The minimum atomic E-state index is -0.621. The van der Waals surface area contributed by atoms with Crippen molar-refractivity contribution in [1.82, 2.24) is 15.5 Å². The van der Waals surface area contributed by atoms with Gasteiger partial charge in [-0.1, -0.05) is 6.07 Å². The van der Waals surface area contributed by atoms with Crippen LogP contribution in [0.5, 0.6) is 5.75 Å². The summed E-state index contributed by atoms with van der Waals surface area (Å²) in [5.41, 5.74) is 1.02. The third-order valence-corrected chi connectivity index (χ3v) is 3.05. The molecule has 1 heterocycles. The monoisotopic (exact) mass is 321 g/mol. The summed E-state index contributed by atoms with van der Waals surface area (Å²) in [6, 6.07) is 3.26. The van der Waals surface area contributed by atoms with Crippen molar-refractivity contribution in [3.05, 3.63) is 35.9 Å². The second-order valence-electron chi connectivity index (χ2n) is 5.95. The number of nitrogens with one attached hydrogen (secondary N) is 2. The third-order valence-electron chi connectivity index (χ3n) is 3.05. The lowest BCUT2D eigenvalue weighted by molar-refractivity contribution is 0.0523. The van der Waals surface area contributed by atoms with Crippen LogP contribution < -0.4 is 10.1 Å². The summed E-state index contributed by atoms with van der Waals surface area (Å²) in [5.74, 6) is -0.416. The maximum absolute atomic E-state index is 14.6. The van der Waals surface area contributed by atoms with E-state index >= 15 is 0 Å². The van der Waals surface area contributed by atoms with E-state index in [1.807, 2.05) is 0 Å². The molecule has 23 heavy (non-hydrogen) atoms. The molecule has 0 aliphatic heterocycles. The topological polar surface area (TPSA) is 76.2 Å². The Hall–Kier alpha value is -2.57. The van der Waals surface area contributed by atoms with Crippen molar-refractivity contribution in [2.24, 2.45) is 0 Å². The number of benzene rings is 1. The molecule has 7 heteroatoms. The number of aromatic amines is 1. The number of rotatable bonds is 4. The first-order chi connectivity index (χ1) is 10.8. The highest BCUT2D eigenvalue weighted by atomic mass is 19.1. The second kappa shape index (κ2) is 6.68. The first-order valence-electron chi connectivity index (χ1n) is 7.13. The zero-order valence-corrected chi connectivity index (χ0v) is 13.6. The van der Waals surface area contributed by atoms with Crippen molar-refractivity contribution in [3.63, 3.8) is 0 Å². The van der Waals surface area contributed by atoms with Gasteiger partial charge in [-0.3, -0.25) is 5.10 Å². The maximum Gasteiger partial charge on any atom is 0.407 e. The molecule has 6 nitrogen and oxygen atoms in total. The molecule has 1 amide bonds. The number of H-pyrrole nitrogens is 1. The van der Waals surface area contributed by atoms with Crippen molar-refractivity contribution >= 4 is 6.09 Å². The molecule has 0 spiro atoms. The van der Waals surface area contributed by atoms with E-state index in [2.05, 4.69) is 15.5 Å². The number of alkyl carbamates (subject to hydrolysis) is 1. The van der Waals surface area contributed by atoms with Crippen molar-refractivity contribution in [3.8, 4) is 16.9 Å². The van der Waals surface area contributed by atoms with E-state index < -0.39 is 17.5 Å². The summed E-state index contributed by atoms with van der Waals surface area (Å²) in [7, 11) is 1.39. The van der Waals surface area contributed by atoms with Crippen LogP contribution in [-0.2, 0) is 11.3 Å². The number of carbonyl (C=O) groups is 1. The predicted octanol–water partition coefficient (Wildman–Crippen LogP) is 3.25. The number of hydrogen-bond acceptors (Lipinski definition) is 4. The smallest absolute Gasteiger partial charge is 0.407 e. The number of hydrogen-bond donors (Lipinski definition) is 2. The molecule has 0 saturated carbocycles. The molecule has 124 valence electrons. The van der Waals surface area contributed by atoms with Crippen LogP contribution in [0.3, 0.4) is 0 Å². The quantitative estimate of drug-likeness (QED) is 0.906. The summed E-state index contributed by atoms with van der Waals surface area (Å²) in [5, 5.41) is 9.11. The normalized spacial score (nSPS) is 11.2.